The van der Waals surface area contributed by atoms with E-state index in [9.17, 15) is 4.39 Å². The zero-order valence-corrected chi connectivity index (χ0v) is 18.9. The van der Waals surface area contributed by atoms with Crippen molar-refractivity contribution in [3.05, 3.63) is 84.3 Å². The van der Waals surface area contributed by atoms with E-state index in [1.165, 1.54) is 16.3 Å². The first-order valence-corrected chi connectivity index (χ1v) is 11.5. The van der Waals surface area contributed by atoms with E-state index >= 15 is 0 Å². The second-order valence-electron chi connectivity index (χ2n) is 10.4. The first-order valence-electron chi connectivity index (χ1n) is 11.5. The van der Waals surface area contributed by atoms with Crippen LogP contribution in [0.4, 0.5) is 4.39 Å². The molecule has 3 heterocycles. The molecule has 3 heteroatoms. The molecule has 4 aromatic carbocycles. The highest BCUT2D eigenvalue weighted by molar-refractivity contribution is 6.28. The molecule has 33 heavy (non-hydrogen) atoms. The van der Waals surface area contributed by atoms with E-state index in [0.29, 0.717) is 0 Å². The van der Waals surface area contributed by atoms with Crippen LogP contribution >= 0.6 is 0 Å². The van der Waals surface area contributed by atoms with Crippen molar-refractivity contribution in [2.75, 3.05) is 0 Å². The van der Waals surface area contributed by atoms with Crippen LogP contribution in [0.15, 0.2) is 72.9 Å². The van der Waals surface area contributed by atoms with Crippen molar-refractivity contribution < 1.29 is 4.39 Å². The van der Waals surface area contributed by atoms with Gasteiger partial charge in [0.05, 0.1) is 22.1 Å². The van der Waals surface area contributed by atoms with Crippen molar-refractivity contribution in [2.45, 2.75) is 27.2 Å². The Bertz CT molecular complexity index is 1890. The molecule has 0 radical (unpaired) electrons. The van der Waals surface area contributed by atoms with Crippen molar-refractivity contribution in [2.24, 2.45) is 5.41 Å². The van der Waals surface area contributed by atoms with Crippen LogP contribution in [0.3, 0.4) is 0 Å². The van der Waals surface area contributed by atoms with Crippen LogP contribution in [-0.4, -0.2) is 9.38 Å². The van der Waals surface area contributed by atoms with E-state index in [1.807, 2.05) is 12.3 Å². The molecule has 7 rings (SSSR count). The fourth-order valence-corrected chi connectivity index (χ4v) is 5.73. The number of benzene rings is 4. The lowest BCUT2D eigenvalue weighted by atomic mass is 9.84. The quantitative estimate of drug-likeness (QED) is 0.189. The molecule has 0 amide bonds. The number of rotatable bonds is 1. The maximum absolute atomic E-state index is 14.6. The van der Waals surface area contributed by atoms with Crippen molar-refractivity contribution in [1.29, 1.82) is 0 Å². The third kappa shape index (κ3) is 2.51. The van der Waals surface area contributed by atoms with Gasteiger partial charge >= 0.3 is 0 Å². The molecule has 0 bridgehead atoms. The summed E-state index contributed by atoms with van der Waals surface area (Å²) < 4.78 is 16.9. The first kappa shape index (κ1) is 18.8. The Balaban J connectivity index is 1.90. The average molecular weight is 431 g/mol. The lowest BCUT2D eigenvalue weighted by molar-refractivity contribution is 0.413. The Morgan fingerprint density at radius 3 is 2.45 bits per heavy atom. The maximum atomic E-state index is 14.6. The van der Waals surface area contributed by atoms with Gasteiger partial charge in [-0.15, -0.1) is 0 Å². The van der Waals surface area contributed by atoms with Gasteiger partial charge in [-0.2, -0.15) is 0 Å². The zero-order valence-electron chi connectivity index (χ0n) is 18.9. The predicted octanol–water partition coefficient (Wildman–Crippen LogP) is 8.27. The molecule has 0 aliphatic carbocycles. The van der Waals surface area contributed by atoms with Gasteiger partial charge in [-0.3, -0.25) is 4.98 Å². The molecule has 0 aliphatic rings. The van der Waals surface area contributed by atoms with Gasteiger partial charge in [0.2, 0.25) is 0 Å². The van der Waals surface area contributed by atoms with Gasteiger partial charge in [-0.25, -0.2) is 4.39 Å². The molecule has 0 saturated heterocycles. The molecule has 2 nitrogen and oxygen atoms in total. The summed E-state index contributed by atoms with van der Waals surface area (Å²) in [4.78, 5) is 4.91. The van der Waals surface area contributed by atoms with E-state index in [2.05, 4.69) is 73.7 Å². The molecule has 0 atom stereocenters. The van der Waals surface area contributed by atoms with E-state index < -0.39 is 0 Å². The minimum Gasteiger partial charge on any atom is -0.307 e. The summed E-state index contributed by atoms with van der Waals surface area (Å²) in [6.07, 6.45) is 2.81. The molecule has 3 aromatic heterocycles. The topological polar surface area (TPSA) is 17.3 Å². The minimum atomic E-state index is -0.213. The number of aromatic nitrogens is 2. The van der Waals surface area contributed by atoms with Crippen molar-refractivity contribution in [3.63, 3.8) is 0 Å². The maximum Gasteiger partial charge on any atom is 0.125 e. The van der Waals surface area contributed by atoms with Crippen LogP contribution in [0, 0.1) is 11.2 Å². The predicted molar refractivity (Wildman–Crippen MR) is 137 cm³/mol. The lowest BCUT2D eigenvalue weighted by Gasteiger charge is -2.23. The number of nitrogens with zero attached hydrogens (tertiary/aromatic N) is 2. The summed E-state index contributed by atoms with van der Waals surface area (Å²) in [5, 5.41) is 8.12. The smallest absolute Gasteiger partial charge is 0.125 e. The minimum absolute atomic E-state index is 0.0849. The summed E-state index contributed by atoms with van der Waals surface area (Å²) in [6.45, 7) is 6.83. The van der Waals surface area contributed by atoms with Gasteiger partial charge in [0.15, 0.2) is 0 Å². The number of hydrogen-bond donors (Lipinski definition) is 0. The van der Waals surface area contributed by atoms with Crippen LogP contribution in [0.1, 0.15) is 26.3 Å². The van der Waals surface area contributed by atoms with Crippen LogP contribution in [-0.2, 0) is 6.42 Å². The van der Waals surface area contributed by atoms with Crippen LogP contribution in [0.5, 0.6) is 0 Å². The van der Waals surface area contributed by atoms with Crippen LogP contribution in [0.25, 0.3) is 59.8 Å². The molecule has 0 saturated carbocycles. The standard InChI is InChI=1S/C30H23FN2/c1-30(2,3)16-24-20-7-5-4-6-18(20)14-23-27-26-17(12-13-32-27)8-10-22-21-11-9-19(31)15-25(21)33(28(23)24)29(22)26/h4-15H,16H2,1-3H3. The summed E-state index contributed by atoms with van der Waals surface area (Å²) in [5.41, 5.74) is 5.60. The highest BCUT2D eigenvalue weighted by atomic mass is 19.1. The Kier molecular flexibility index (Phi) is 3.53. The lowest BCUT2D eigenvalue weighted by Crippen LogP contribution is -2.11. The molecule has 0 unspecified atom stereocenters. The Hall–Kier alpha value is -3.72. The number of pyridine rings is 2. The largest absolute Gasteiger partial charge is 0.307 e. The summed E-state index contributed by atoms with van der Waals surface area (Å²) in [6, 6.07) is 22.5. The fraction of sp³-hybridized carbons (Fsp3) is 0.167. The first-order chi connectivity index (χ1) is 15.9. The second-order valence-corrected chi connectivity index (χ2v) is 10.4. The van der Waals surface area contributed by atoms with E-state index in [4.69, 9.17) is 4.98 Å². The van der Waals surface area contributed by atoms with Gasteiger partial charge < -0.3 is 4.40 Å². The fourth-order valence-electron chi connectivity index (χ4n) is 5.73. The van der Waals surface area contributed by atoms with Crippen molar-refractivity contribution in [1.82, 2.24) is 9.38 Å². The van der Waals surface area contributed by atoms with E-state index in [1.54, 1.807) is 12.1 Å². The molecule has 0 aliphatic heterocycles. The molecule has 0 spiro atoms. The third-order valence-corrected chi connectivity index (χ3v) is 6.93. The molecule has 0 fully saturated rings. The number of fused-ring (bicyclic) bond motifs is 7. The van der Waals surface area contributed by atoms with Gasteiger partial charge in [0.1, 0.15) is 5.82 Å². The zero-order chi connectivity index (χ0) is 22.5. The van der Waals surface area contributed by atoms with E-state index in [-0.39, 0.29) is 11.2 Å². The van der Waals surface area contributed by atoms with Gasteiger partial charge in [0, 0.05) is 27.7 Å². The molecular weight excluding hydrogens is 407 g/mol. The van der Waals surface area contributed by atoms with Crippen molar-refractivity contribution >= 4 is 59.8 Å². The van der Waals surface area contributed by atoms with Gasteiger partial charge in [-0.05, 0) is 63.9 Å². The summed E-state index contributed by atoms with van der Waals surface area (Å²) in [7, 11) is 0. The van der Waals surface area contributed by atoms with Gasteiger partial charge in [0.25, 0.3) is 0 Å². The molecule has 7 aromatic rings. The number of halogens is 1. The molecular formula is C30H23FN2. The van der Waals surface area contributed by atoms with Crippen LogP contribution < -0.4 is 0 Å². The average Bonchev–Trinajstić information content (AvgIpc) is 3.11. The Labute approximate surface area is 190 Å². The highest BCUT2D eigenvalue weighted by Crippen LogP contribution is 2.43. The monoisotopic (exact) mass is 430 g/mol. The van der Waals surface area contributed by atoms with Crippen LogP contribution in [0.2, 0.25) is 0 Å². The number of hydrogen-bond acceptors (Lipinski definition) is 1. The summed E-state index contributed by atoms with van der Waals surface area (Å²) in [5.74, 6) is -0.213. The summed E-state index contributed by atoms with van der Waals surface area (Å²) >= 11 is 0. The molecule has 0 N–H and O–H groups in total. The SMILES string of the molecule is CC(C)(C)Cc1c2ccccc2cc2c3nccc4ccc5c6ccc(F)cc6n(c12)c5c43. The van der Waals surface area contributed by atoms with Gasteiger partial charge in [-0.1, -0.05) is 57.2 Å². The molecule has 160 valence electrons. The van der Waals surface area contributed by atoms with Crippen molar-refractivity contribution in [3.8, 4) is 0 Å². The second kappa shape index (κ2) is 6.20. The third-order valence-electron chi connectivity index (χ3n) is 6.93. The Morgan fingerprint density at radius 2 is 1.61 bits per heavy atom. The normalized spacial score (nSPS) is 13.0. The Morgan fingerprint density at radius 1 is 0.788 bits per heavy atom. The highest BCUT2D eigenvalue weighted by Gasteiger charge is 2.24. The van der Waals surface area contributed by atoms with E-state index in [0.717, 1.165) is 55.4 Å².